The van der Waals surface area contributed by atoms with Gasteiger partial charge < -0.3 is 19.9 Å². The number of aryl methyl sites for hydroxylation is 1. The van der Waals surface area contributed by atoms with Crippen molar-refractivity contribution < 1.29 is 19.4 Å². The zero-order chi connectivity index (χ0) is 15.5. The number of carbonyl (C=O) groups is 1. The van der Waals surface area contributed by atoms with Crippen LogP contribution in [-0.2, 0) is 9.53 Å². The molecule has 1 unspecified atom stereocenters. The summed E-state index contributed by atoms with van der Waals surface area (Å²) in [5, 5.41) is 12.2. The fourth-order valence-electron chi connectivity index (χ4n) is 1.88. The summed E-state index contributed by atoms with van der Waals surface area (Å²) < 4.78 is 10.4. The fraction of sp³-hybridized carbons (Fsp3) is 0.562. The molecule has 1 aromatic rings. The number of aliphatic hydroxyl groups is 1. The topological polar surface area (TPSA) is 67.8 Å². The summed E-state index contributed by atoms with van der Waals surface area (Å²) in [5.41, 5.74) is 1.09. The van der Waals surface area contributed by atoms with Crippen LogP contribution in [0.5, 0.6) is 5.75 Å². The quantitative estimate of drug-likeness (QED) is 0.644. The summed E-state index contributed by atoms with van der Waals surface area (Å²) in [4.78, 5) is 11.6. The molecule has 0 aliphatic heterocycles. The number of ether oxygens (including phenoxy) is 2. The van der Waals surface area contributed by atoms with Crippen molar-refractivity contribution in [1.82, 2.24) is 5.32 Å². The van der Waals surface area contributed by atoms with Crippen molar-refractivity contribution in [3.63, 3.8) is 0 Å². The van der Waals surface area contributed by atoms with Crippen molar-refractivity contribution in [1.29, 1.82) is 0 Å². The molecule has 0 heterocycles. The Bertz CT molecular complexity index is 422. The van der Waals surface area contributed by atoms with Crippen molar-refractivity contribution >= 4 is 5.91 Å². The predicted molar refractivity (Wildman–Crippen MR) is 81.4 cm³/mol. The first kappa shape index (κ1) is 17.5. The Morgan fingerprint density at radius 2 is 2.14 bits per heavy atom. The molecule has 0 aliphatic rings. The lowest BCUT2D eigenvalue weighted by molar-refractivity contribution is -0.121. The predicted octanol–water partition coefficient (Wildman–Crippen LogP) is 1.67. The second-order valence-corrected chi connectivity index (χ2v) is 4.97. The molecular formula is C16H25NO4. The van der Waals surface area contributed by atoms with Gasteiger partial charge in [-0.05, 0) is 31.4 Å². The normalized spacial score (nSPS) is 12.0. The number of hydrogen-bond acceptors (Lipinski definition) is 4. The molecule has 1 amide bonds. The van der Waals surface area contributed by atoms with Crippen molar-refractivity contribution in [3.8, 4) is 5.75 Å². The molecular weight excluding hydrogens is 270 g/mol. The van der Waals surface area contributed by atoms with Crippen LogP contribution in [0.2, 0.25) is 0 Å². The first-order chi connectivity index (χ1) is 10.1. The van der Waals surface area contributed by atoms with Crippen LogP contribution < -0.4 is 10.1 Å². The van der Waals surface area contributed by atoms with Gasteiger partial charge in [-0.15, -0.1) is 0 Å². The van der Waals surface area contributed by atoms with Crippen molar-refractivity contribution in [3.05, 3.63) is 29.8 Å². The Hall–Kier alpha value is -1.59. The number of benzene rings is 1. The zero-order valence-corrected chi connectivity index (χ0v) is 12.8. The maximum absolute atomic E-state index is 11.6. The van der Waals surface area contributed by atoms with Gasteiger partial charge in [0.2, 0.25) is 5.91 Å². The van der Waals surface area contributed by atoms with Gasteiger partial charge in [-0.25, -0.2) is 0 Å². The van der Waals surface area contributed by atoms with E-state index in [0.29, 0.717) is 39.0 Å². The third-order valence-corrected chi connectivity index (χ3v) is 3.06. The van der Waals surface area contributed by atoms with E-state index in [1.807, 2.05) is 31.2 Å². The molecule has 2 N–H and O–H groups in total. The van der Waals surface area contributed by atoms with E-state index in [-0.39, 0.29) is 5.91 Å². The average molecular weight is 295 g/mol. The average Bonchev–Trinajstić information content (AvgIpc) is 2.45. The molecule has 21 heavy (non-hydrogen) atoms. The molecule has 5 heteroatoms. The highest BCUT2D eigenvalue weighted by Crippen LogP contribution is 2.16. The number of para-hydroxylation sites is 1. The molecule has 0 aromatic heterocycles. The standard InChI is InChI=1S/C16H25NO4/c1-13-6-3-4-7-15(13)21-11-5-8-16(19)17-10-9-14(18)12-20-2/h3-4,6-7,14,18H,5,8-12H2,1-2H3,(H,17,19). The highest BCUT2D eigenvalue weighted by atomic mass is 16.5. The molecule has 0 spiro atoms. The maximum atomic E-state index is 11.6. The molecule has 5 nitrogen and oxygen atoms in total. The number of hydrogen-bond donors (Lipinski definition) is 2. The lowest BCUT2D eigenvalue weighted by atomic mass is 10.2. The van der Waals surface area contributed by atoms with Gasteiger partial charge in [-0.3, -0.25) is 4.79 Å². The summed E-state index contributed by atoms with van der Waals surface area (Å²) in [7, 11) is 1.54. The summed E-state index contributed by atoms with van der Waals surface area (Å²) in [6.45, 7) is 3.26. The van der Waals surface area contributed by atoms with Crippen LogP contribution in [-0.4, -0.2) is 44.0 Å². The van der Waals surface area contributed by atoms with E-state index in [0.717, 1.165) is 11.3 Å². The summed E-state index contributed by atoms with van der Waals surface area (Å²) >= 11 is 0. The van der Waals surface area contributed by atoms with Gasteiger partial charge in [0.05, 0.1) is 19.3 Å². The number of nitrogens with one attached hydrogen (secondary N) is 1. The van der Waals surface area contributed by atoms with E-state index >= 15 is 0 Å². The third kappa shape index (κ3) is 7.68. The minimum Gasteiger partial charge on any atom is -0.493 e. The van der Waals surface area contributed by atoms with Crippen LogP contribution in [0.4, 0.5) is 0 Å². The number of amides is 1. The summed E-state index contributed by atoms with van der Waals surface area (Å²) in [6.07, 6.45) is 1.06. The van der Waals surface area contributed by atoms with Crippen LogP contribution in [0.1, 0.15) is 24.8 Å². The Morgan fingerprint density at radius 3 is 2.86 bits per heavy atom. The highest BCUT2D eigenvalue weighted by Gasteiger charge is 2.05. The lowest BCUT2D eigenvalue weighted by Crippen LogP contribution is -2.28. The summed E-state index contributed by atoms with van der Waals surface area (Å²) in [6, 6.07) is 7.81. The van der Waals surface area contributed by atoms with E-state index in [1.165, 1.54) is 7.11 Å². The Morgan fingerprint density at radius 1 is 1.38 bits per heavy atom. The van der Waals surface area contributed by atoms with Gasteiger partial charge in [0.15, 0.2) is 0 Å². The molecule has 0 radical (unpaired) electrons. The first-order valence-electron chi connectivity index (χ1n) is 7.25. The van der Waals surface area contributed by atoms with E-state index < -0.39 is 6.10 Å². The molecule has 1 aromatic carbocycles. The van der Waals surface area contributed by atoms with Gasteiger partial charge in [0, 0.05) is 20.1 Å². The van der Waals surface area contributed by atoms with E-state index in [1.54, 1.807) is 0 Å². The summed E-state index contributed by atoms with van der Waals surface area (Å²) in [5.74, 6) is 0.841. The lowest BCUT2D eigenvalue weighted by Gasteiger charge is -2.11. The maximum Gasteiger partial charge on any atom is 0.220 e. The molecule has 0 bridgehead atoms. The van der Waals surface area contributed by atoms with E-state index in [9.17, 15) is 9.90 Å². The molecule has 118 valence electrons. The highest BCUT2D eigenvalue weighted by molar-refractivity contribution is 5.75. The van der Waals surface area contributed by atoms with Gasteiger partial charge in [0.25, 0.3) is 0 Å². The van der Waals surface area contributed by atoms with E-state index in [4.69, 9.17) is 9.47 Å². The third-order valence-electron chi connectivity index (χ3n) is 3.06. The Labute approximate surface area is 126 Å². The SMILES string of the molecule is COCC(O)CCNC(=O)CCCOc1ccccc1C. The van der Waals surface area contributed by atoms with Crippen LogP contribution in [0.25, 0.3) is 0 Å². The van der Waals surface area contributed by atoms with Crippen LogP contribution in [0.15, 0.2) is 24.3 Å². The minimum absolute atomic E-state index is 0.0204. The zero-order valence-electron chi connectivity index (χ0n) is 12.8. The first-order valence-corrected chi connectivity index (χ1v) is 7.25. The number of aliphatic hydroxyl groups excluding tert-OH is 1. The molecule has 0 saturated carbocycles. The van der Waals surface area contributed by atoms with E-state index in [2.05, 4.69) is 5.32 Å². The van der Waals surface area contributed by atoms with Crippen LogP contribution in [0, 0.1) is 6.92 Å². The Balaban J connectivity index is 2.07. The smallest absolute Gasteiger partial charge is 0.220 e. The fourth-order valence-corrected chi connectivity index (χ4v) is 1.88. The van der Waals surface area contributed by atoms with Crippen LogP contribution in [0.3, 0.4) is 0 Å². The van der Waals surface area contributed by atoms with Crippen molar-refractivity contribution in [2.75, 3.05) is 26.9 Å². The van der Waals surface area contributed by atoms with Gasteiger partial charge >= 0.3 is 0 Å². The van der Waals surface area contributed by atoms with Gasteiger partial charge in [0.1, 0.15) is 5.75 Å². The minimum atomic E-state index is -0.528. The van der Waals surface area contributed by atoms with Crippen molar-refractivity contribution in [2.24, 2.45) is 0 Å². The van der Waals surface area contributed by atoms with Gasteiger partial charge in [-0.2, -0.15) is 0 Å². The molecule has 0 saturated heterocycles. The van der Waals surface area contributed by atoms with Crippen molar-refractivity contribution in [2.45, 2.75) is 32.3 Å². The van der Waals surface area contributed by atoms with Crippen LogP contribution >= 0.6 is 0 Å². The molecule has 1 atom stereocenters. The second-order valence-electron chi connectivity index (χ2n) is 4.97. The number of methoxy groups -OCH3 is 1. The largest absolute Gasteiger partial charge is 0.493 e. The molecule has 1 rings (SSSR count). The molecule has 0 fully saturated rings. The Kier molecular flexibility index (Phi) is 8.47. The monoisotopic (exact) mass is 295 g/mol. The molecule has 0 aliphatic carbocycles. The number of rotatable bonds is 10. The second kappa shape index (κ2) is 10.2. The number of carbonyl (C=O) groups excluding carboxylic acids is 1. The van der Waals surface area contributed by atoms with Gasteiger partial charge in [-0.1, -0.05) is 18.2 Å².